The summed E-state index contributed by atoms with van der Waals surface area (Å²) in [6.07, 6.45) is 1.06. The van der Waals surface area contributed by atoms with Gasteiger partial charge in [0.15, 0.2) is 0 Å². The maximum Gasteiger partial charge on any atom is 0.125 e. The van der Waals surface area contributed by atoms with Gasteiger partial charge in [-0.2, -0.15) is 0 Å². The van der Waals surface area contributed by atoms with Crippen molar-refractivity contribution in [3.63, 3.8) is 0 Å². The zero-order chi connectivity index (χ0) is 11.4. The largest absolute Gasteiger partial charge is 0.494 e. The summed E-state index contributed by atoms with van der Waals surface area (Å²) in [5, 5.41) is 0. The SMILES string of the molecule is CCOc1cc(N)cc(OC2CCOC2)c1. The molecule has 2 N–H and O–H groups in total. The first kappa shape index (κ1) is 11.1. The monoisotopic (exact) mass is 223 g/mol. The molecule has 1 aromatic rings. The normalized spacial score (nSPS) is 19.7. The summed E-state index contributed by atoms with van der Waals surface area (Å²) in [4.78, 5) is 0. The Hall–Kier alpha value is -1.42. The lowest BCUT2D eigenvalue weighted by Crippen LogP contribution is -2.15. The summed E-state index contributed by atoms with van der Waals surface area (Å²) in [5.74, 6) is 1.50. The number of nitrogen functional groups attached to an aromatic ring is 1. The van der Waals surface area contributed by atoms with Crippen LogP contribution in [-0.2, 0) is 4.74 Å². The standard InChI is InChI=1S/C12H17NO3/c1-2-15-11-5-9(13)6-12(7-11)16-10-3-4-14-8-10/h5-7,10H,2-4,8,13H2,1H3. The van der Waals surface area contributed by atoms with Gasteiger partial charge in [0.25, 0.3) is 0 Å². The first-order valence-electron chi connectivity index (χ1n) is 5.55. The quantitative estimate of drug-likeness (QED) is 0.791. The van der Waals surface area contributed by atoms with Crippen molar-refractivity contribution >= 4 is 5.69 Å². The average Bonchev–Trinajstić information content (AvgIpc) is 2.70. The molecule has 0 amide bonds. The topological polar surface area (TPSA) is 53.7 Å². The molecule has 0 radical (unpaired) electrons. The molecule has 1 aliphatic heterocycles. The highest BCUT2D eigenvalue weighted by Crippen LogP contribution is 2.26. The molecule has 1 saturated heterocycles. The molecular formula is C12H17NO3. The highest BCUT2D eigenvalue weighted by atomic mass is 16.5. The van der Waals surface area contributed by atoms with E-state index in [0.29, 0.717) is 18.9 Å². The summed E-state index contributed by atoms with van der Waals surface area (Å²) in [6.45, 7) is 3.98. The Labute approximate surface area is 95.3 Å². The summed E-state index contributed by atoms with van der Waals surface area (Å²) in [7, 11) is 0. The first-order chi connectivity index (χ1) is 7.78. The van der Waals surface area contributed by atoms with Crippen LogP contribution in [0, 0.1) is 0 Å². The van der Waals surface area contributed by atoms with Crippen molar-refractivity contribution in [2.75, 3.05) is 25.6 Å². The predicted octanol–water partition coefficient (Wildman–Crippen LogP) is 1.84. The average molecular weight is 223 g/mol. The van der Waals surface area contributed by atoms with Crippen LogP contribution in [-0.4, -0.2) is 25.9 Å². The molecule has 2 rings (SSSR count). The fourth-order valence-corrected chi connectivity index (χ4v) is 1.71. The predicted molar refractivity (Wildman–Crippen MR) is 61.9 cm³/mol. The highest BCUT2D eigenvalue weighted by molar-refractivity contribution is 5.50. The van der Waals surface area contributed by atoms with E-state index < -0.39 is 0 Å². The van der Waals surface area contributed by atoms with Gasteiger partial charge in [0.1, 0.15) is 17.6 Å². The second kappa shape index (κ2) is 5.07. The molecule has 4 nitrogen and oxygen atoms in total. The molecule has 0 saturated carbocycles. The van der Waals surface area contributed by atoms with Crippen LogP contribution >= 0.6 is 0 Å². The van der Waals surface area contributed by atoms with E-state index in [9.17, 15) is 0 Å². The van der Waals surface area contributed by atoms with Crippen molar-refractivity contribution in [3.8, 4) is 11.5 Å². The Kier molecular flexibility index (Phi) is 3.51. The van der Waals surface area contributed by atoms with Gasteiger partial charge >= 0.3 is 0 Å². The molecule has 1 aliphatic rings. The van der Waals surface area contributed by atoms with E-state index >= 15 is 0 Å². The van der Waals surface area contributed by atoms with Gasteiger partial charge in [0.05, 0.1) is 19.8 Å². The van der Waals surface area contributed by atoms with Crippen LogP contribution in [0.25, 0.3) is 0 Å². The minimum atomic E-state index is 0.135. The zero-order valence-electron chi connectivity index (χ0n) is 9.44. The fourth-order valence-electron chi connectivity index (χ4n) is 1.71. The Morgan fingerprint density at radius 2 is 2.19 bits per heavy atom. The van der Waals surface area contributed by atoms with Crippen molar-refractivity contribution in [3.05, 3.63) is 18.2 Å². The van der Waals surface area contributed by atoms with Crippen molar-refractivity contribution < 1.29 is 14.2 Å². The molecule has 0 aromatic heterocycles. The van der Waals surface area contributed by atoms with Gasteiger partial charge in [0.2, 0.25) is 0 Å². The Morgan fingerprint density at radius 3 is 2.88 bits per heavy atom. The van der Waals surface area contributed by atoms with Crippen LogP contribution < -0.4 is 15.2 Å². The van der Waals surface area contributed by atoms with E-state index in [4.69, 9.17) is 19.9 Å². The molecule has 4 heteroatoms. The van der Waals surface area contributed by atoms with Gasteiger partial charge in [-0.05, 0) is 6.92 Å². The Morgan fingerprint density at radius 1 is 1.38 bits per heavy atom. The van der Waals surface area contributed by atoms with Crippen molar-refractivity contribution in [2.45, 2.75) is 19.4 Å². The van der Waals surface area contributed by atoms with E-state index in [1.165, 1.54) is 0 Å². The van der Waals surface area contributed by atoms with Gasteiger partial charge in [-0.1, -0.05) is 0 Å². The fraction of sp³-hybridized carbons (Fsp3) is 0.500. The van der Waals surface area contributed by atoms with Crippen LogP contribution in [0.5, 0.6) is 11.5 Å². The third kappa shape index (κ3) is 2.79. The maximum absolute atomic E-state index is 5.77. The summed E-state index contributed by atoms with van der Waals surface area (Å²) in [6, 6.07) is 5.46. The van der Waals surface area contributed by atoms with Gasteiger partial charge in [-0.25, -0.2) is 0 Å². The third-order valence-electron chi connectivity index (χ3n) is 2.40. The van der Waals surface area contributed by atoms with E-state index in [-0.39, 0.29) is 6.10 Å². The van der Waals surface area contributed by atoms with Gasteiger partial charge in [0, 0.05) is 30.3 Å². The number of rotatable bonds is 4. The number of nitrogens with two attached hydrogens (primary N) is 1. The van der Waals surface area contributed by atoms with E-state index in [2.05, 4.69) is 0 Å². The van der Waals surface area contributed by atoms with Crippen molar-refractivity contribution in [2.24, 2.45) is 0 Å². The summed E-state index contributed by atoms with van der Waals surface area (Å²) in [5.41, 5.74) is 6.43. The van der Waals surface area contributed by atoms with Crippen LogP contribution in [0.3, 0.4) is 0 Å². The van der Waals surface area contributed by atoms with Crippen LogP contribution in [0.2, 0.25) is 0 Å². The lowest BCUT2D eigenvalue weighted by Gasteiger charge is -2.13. The molecule has 1 fully saturated rings. The molecule has 1 heterocycles. The third-order valence-corrected chi connectivity index (χ3v) is 2.40. The van der Waals surface area contributed by atoms with Gasteiger partial charge < -0.3 is 19.9 Å². The number of hydrogen-bond donors (Lipinski definition) is 1. The minimum Gasteiger partial charge on any atom is -0.494 e. The smallest absolute Gasteiger partial charge is 0.125 e. The Balaban J connectivity index is 2.06. The molecule has 88 valence electrons. The Bertz CT molecular complexity index is 348. The zero-order valence-corrected chi connectivity index (χ0v) is 9.44. The molecule has 0 aliphatic carbocycles. The molecule has 0 spiro atoms. The van der Waals surface area contributed by atoms with E-state index in [0.717, 1.165) is 24.5 Å². The molecular weight excluding hydrogens is 206 g/mol. The van der Waals surface area contributed by atoms with Gasteiger partial charge in [-0.15, -0.1) is 0 Å². The highest BCUT2D eigenvalue weighted by Gasteiger charge is 2.17. The summed E-state index contributed by atoms with van der Waals surface area (Å²) < 4.78 is 16.4. The van der Waals surface area contributed by atoms with Crippen LogP contribution in [0.15, 0.2) is 18.2 Å². The van der Waals surface area contributed by atoms with Crippen molar-refractivity contribution in [1.29, 1.82) is 0 Å². The minimum absolute atomic E-state index is 0.135. The molecule has 0 bridgehead atoms. The molecule has 1 aromatic carbocycles. The number of benzene rings is 1. The van der Waals surface area contributed by atoms with Crippen LogP contribution in [0.4, 0.5) is 5.69 Å². The maximum atomic E-state index is 5.77. The lowest BCUT2D eigenvalue weighted by molar-refractivity contribution is 0.141. The second-order valence-electron chi connectivity index (χ2n) is 3.77. The number of hydrogen-bond acceptors (Lipinski definition) is 4. The lowest BCUT2D eigenvalue weighted by atomic mass is 10.2. The van der Waals surface area contributed by atoms with Crippen LogP contribution in [0.1, 0.15) is 13.3 Å². The second-order valence-corrected chi connectivity index (χ2v) is 3.77. The molecule has 1 unspecified atom stereocenters. The van der Waals surface area contributed by atoms with E-state index in [1.807, 2.05) is 13.0 Å². The van der Waals surface area contributed by atoms with Crippen molar-refractivity contribution in [1.82, 2.24) is 0 Å². The van der Waals surface area contributed by atoms with Gasteiger partial charge in [-0.3, -0.25) is 0 Å². The first-order valence-corrected chi connectivity index (χ1v) is 5.55. The van der Waals surface area contributed by atoms with E-state index in [1.54, 1.807) is 12.1 Å². The molecule has 1 atom stereocenters. The summed E-state index contributed by atoms with van der Waals surface area (Å²) >= 11 is 0. The number of anilines is 1. The molecule has 16 heavy (non-hydrogen) atoms. The number of ether oxygens (including phenoxy) is 3.